The van der Waals surface area contributed by atoms with Crippen LogP contribution in [0, 0.1) is 35.5 Å². The van der Waals surface area contributed by atoms with E-state index in [-0.39, 0.29) is 0 Å². The summed E-state index contributed by atoms with van der Waals surface area (Å²) in [4.78, 5) is 0. The summed E-state index contributed by atoms with van der Waals surface area (Å²) in [6, 6.07) is 0. The van der Waals surface area contributed by atoms with Gasteiger partial charge >= 0.3 is 0 Å². The fraction of sp³-hybridized carbons (Fsp3) is 0.778. The van der Waals surface area contributed by atoms with E-state index in [9.17, 15) is 0 Å². The molecule has 6 bridgehead atoms. The van der Waals surface area contributed by atoms with Crippen molar-refractivity contribution in [2.24, 2.45) is 35.5 Å². The molecule has 5 rings (SSSR count). The van der Waals surface area contributed by atoms with Gasteiger partial charge in [0.15, 0.2) is 0 Å². The molecule has 0 aromatic carbocycles. The van der Waals surface area contributed by atoms with E-state index in [0.29, 0.717) is 0 Å². The highest BCUT2D eigenvalue weighted by atomic mass is 14.8. The Labute approximate surface area is 54.9 Å². The highest BCUT2D eigenvalue weighted by molar-refractivity contribution is 5.32. The number of hydrogen-bond donors (Lipinski definition) is 0. The van der Waals surface area contributed by atoms with E-state index in [4.69, 9.17) is 0 Å². The van der Waals surface area contributed by atoms with Crippen LogP contribution in [0.5, 0.6) is 0 Å². The SMILES string of the molecule is C1=C[C@H]2C3C4CC2[C@H]1C43. The van der Waals surface area contributed by atoms with Crippen molar-refractivity contribution in [2.75, 3.05) is 0 Å². The molecule has 9 heavy (non-hydrogen) atoms. The highest BCUT2D eigenvalue weighted by Crippen LogP contribution is 2.78. The molecular formula is C9H10. The van der Waals surface area contributed by atoms with E-state index in [1.165, 1.54) is 17.8 Å². The summed E-state index contributed by atoms with van der Waals surface area (Å²) in [7, 11) is 0. The van der Waals surface area contributed by atoms with E-state index >= 15 is 0 Å². The third-order valence-corrected chi connectivity index (χ3v) is 4.27. The number of allylic oxidation sites excluding steroid dienone is 2. The standard InChI is InChI=1S/C9H10/c1-2-5-6-3-7-8(4(1)6)9(5)7/h1-2,4-9H,3H2/t4-,5+,6?,7?,8?,9?. The molecule has 4 unspecified atom stereocenters. The Hall–Kier alpha value is -0.260. The molecule has 0 radical (unpaired) electrons. The van der Waals surface area contributed by atoms with Crippen LogP contribution < -0.4 is 0 Å². The Morgan fingerprint density at radius 3 is 1.89 bits per heavy atom. The summed E-state index contributed by atoms with van der Waals surface area (Å²) >= 11 is 0. The third kappa shape index (κ3) is 0.211. The lowest BCUT2D eigenvalue weighted by Gasteiger charge is -2.04. The minimum absolute atomic E-state index is 1.07. The quantitative estimate of drug-likeness (QED) is 0.424. The minimum Gasteiger partial charge on any atom is -0.0845 e. The van der Waals surface area contributed by atoms with Crippen LogP contribution in [0.2, 0.25) is 0 Å². The van der Waals surface area contributed by atoms with Gasteiger partial charge in [0.2, 0.25) is 0 Å². The largest absolute Gasteiger partial charge is 0.0845 e. The predicted molar refractivity (Wildman–Crippen MR) is 34.7 cm³/mol. The van der Waals surface area contributed by atoms with Gasteiger partial charge < -0.3 is 0 Å². The molecule has 0 N–H and O–H groups in total. The maximum absolute atomic E-state index is 2.50. The Morgan fingerprint density at radius 2 is 1.56 bits per heavy atom. The third-order valence-electron chi connectivity index (χ3n) is 4.27. The Bertz CT molecular complexity index is 196. The second-order valence-electron chi connectivity index (χ2n) is 4.26. The lowest BCUT2D eigenvalue weighted by molar-refractivity contribution is 0.471. The van der Waals surface area contributed by atoms with Gasteiger partial charge in [-0.15, -0.1) is 0 Å². The summed E-state index contributed by atoms with van der Waals surface area (Å²) < 4.78 is 0. The molecule has 0 aliphatic heterocycles. The van der Waals surface area contributed by atoms with Gasteiger partial charge in [-0.05, 0) is 41.9 Å². The van der Waals surface area contributed by atoms with E-state index in [0.717, 1.165) is 17.8 Å². The van der Waals surface area contributed by atoms with Crippen molar-refractivity contribution in [3.05, 3.63) is 12.2 Å². The van der Waals surface area contributed by atoms with Crippen LogP contribution in [0.15, 0.2) is 12.2 Å². The van der Waals surface area contributed by atoms with Crippen molar-refractivity contribution >= 4 is 0 Å². The Morgan fingerprint density at radius 1 is 0.889 bits per heavy atom. The number of hydrogen-bond acceptors (Lipinski definition) is 0. The summed E-state index contributed by atoms with van der Waals surface area (Å²) in [5.41, 5.74) is 0. The molecule has 4 fully saturated rings. The highest BCUT2D eigenvalue weighted by Gasteiger charge is 2.73. The zero-order valence-electron chi connectivity index (χ0n) is 5.33. The Balaban J connectivity index is 2.08. The summed E-state index contributed by atoms with van der Waals surface area (Å²) in [5.74, 6) is 6.90. The van der Waals surface area contributed by atoms with E-state index in [1.54, 1.807) is 6.42 Å². The molecule has 0 spiro atoms. The van der Waals surface area contributed by atoms with Crippen molar-refractivity contribution < 1.29 is 0 Å². The van der Waals surface area contributed by atoms with Crippen molar-refractivity contribution in [3.63, 3.8) is 0 Å². The first-order chi connectivity index (χ1) is 4.47. The van der Waals surface area contributed by atoms with E-state index in [2.05, 4.69) is 12.2 Å². The van der Waals surface area contributed by atoms with Gasteiger partial charge in [0.25, 0.3) is 0 Å². The first kappa shape index (κ1) is 3.80. The molecule has 0 nitrogen and oxygen atoms in total. The average Bonchev–Trinajstić information content (AvgIpc) is 2.35. The first-order valence-electron chi connectivity index (χ1n) is 4.15. The van der Waals surface area contributed by atoms with Crippen LogP contribution in [0.3, 0.4) is 0 Å². The van der Waals surface area contributed by atoms with Gasteiger partial charge in [0.1, 0.15) is 0 Å². The van der Waals surface area contributed by atoms with Gasteiger partial charge in [-0.3, -0.25) is 0 Å². The molecule has 5 aliphatic rings. The lowest BCUT2D eigenvalue weighted by atomic mass is 10.00. The molecule has 0 heterocycles. The molecule has 0 aromatic rings. The van der Waals surface area contributed by atoms with Gasteiger partial charge in [-0.1, -0.05) is 12.2 Å². The maximum Gasteiger partial charge on any atom is -0.0165 e. The monoisotopic (exact) mass is 118 g/mol. The van der Waals surface area contributed by atoms with Crippen molar-refractivity contribution in [3.8, 4) is 0 Å². The van der Waals surface area contributed by atoms with Gasteiger partial charge in [-0.2, -0.15) is 0 Å². The molecule has 0 aromatic heterocycles. The molecule has 46 valence electrons. The second kappa shape index (κ2) is 0.817. The zero-order chi connectivity index (χ0) is 5.59. The van der Waals surface area contributed by atoms with Crippen LogP contribution in [0.4, 0.5) is 0 Å². The van der Waals surface area contributed by atoms with Crippen molar-refractivity contribution in [1.82, 2.24) is 0 Å². The molecular weight excluding hydrogens is 108 g/mol. The van der Waals surface area contributed by atoms with Crippen LogP contribution in [-0.2, 0) is 0 Å². The molecule has 0 saturated heterocycles. The number of rotatable bonds is 0. The van der Waals surface area contributed by atoms with Crippen LogP contribution in [-0.4, -0.2) is 0 Å². The topological polar surface area (TPSA) is 0 Å². The second-order valence-corrected chi connectivity index (χ2v) is 4.26. The van der Waals surface area contributed by atoms with Gasteiger partial charge in [0, 0.05) is 0 Å². The van der Waals surface area contributed by atoms with E-state index in [1.807, 2.05) is 0 Å². The summed E-state index contributed by atoms with van der Waals surface area (Å²) in [5, 5.41) is 0. The van der Waals surface area contributed by atoms with Crippen molar-refractivity contribution in [2.45, 2.75) is 6.42 Å². The smallest absolute Gasteiger partial charge is 0.0165 e. The lowest BCUT2D eigenvalue weighted by Crippen LogP contribution is -1.99. The molecule has 6 atom stereocenters. The fourth-order valence-corrected chi connectivity index (χ4v) is 4.08. The van der Waals surface area contributed by atoms with Crippen LogP contribution in [0.1, 0.15) is 6.42 Å². The first-order valence-corrected chi connectivity index (χ1v) is 4.15. The molecule has 4 saturated carbocycles. The zero-order valence-corrected chi connectivity index (χ0v) is 5.33. The van der Waals surface area contributed by atoms with Crippen molar-refractivity contribution in [1.29, 1.82) is 0 Å². The Kier molecular flexibility index (Phi) is 0.345. The van der Waals surface area contributed by atoms with Gasteiger partial charge in [-0.25, -0.2) is 0 Å². The average molecular weight is 118 g/mol. The van der Waals surface area contributed by atoms with Crippen LogP contribution >= 0.6 is 0 Å². The normalized spacial score (nSPS) is 78.2. The molecule has 0 heteroatoms. The summed E-state index contributed by atoms with van der Waals surface area (Å²) in [6.45, 7) is 0. The minimum atomic E-state index is 1.07. The molecule has 5 aliphatic carbocycles. The van der Waals surface area contributed by atoms with Gasteiger partial charge in [0.05, 0.1) is 0 Å². The van der Waals surface area contributed by atoms with Crippen LogP contribution in [0.25, 0.3) is 0 Å². The van der Waals surface area contributed by atoms with E-state index < -0.39 is 0 Å². The maximum atomic E-state index is 2.50. The molecule has 0 amide bonds. The predicted octanol–water partition coefficient (Wildman–Crippen LogP) is 1.68. The summed E-state index contributed by atoms with van der Waals surface area (Å²) in [6.07, 6.45) is 6.60. The fourth-order valence-electron chi connectivity index (χ4n) is 4.08.